The van der Waals surface area contributed by atoms with Gasteiger partial charge in [-0.15, -0.1) is 0 Å². The number of nitrogens with zero attached hydrogens (tertiary/aromatic N) is 1. The second kappa shape index (κ2) is 7.71. The fourth-order valence-electron chi connectivity index (χ4n) is 5.34. The van der Waals surface area contributed by atoms with Gasteiger partial charge in [-0.1, -0.05) is 28.1 Å². The van der Waals surface area contributed by atoms with Crippen molar-refractivity contribution in [2.24, 2.45) is 23.7 Å². The standard InChI is InChI=1S/C24H20BrNO5/c25-17-7-3-13(4-8-17)19(27)12-31-24(30)14-5-9-18(10-6-14)26-22(28)20-15-1-2-16(11-15)21(20)23(26)29/h3-10,15-16,20-21H,1-2,11-12H2/t15-,16-,20+,21+/m1/s1. The molecule has 2 amide bonds. The summed E-state index contributed by atoms with van der Waals surface area (Å²) in [7, 11) is 0. The van der Waals surface area contributed by atoms with Crippen molar-refractivity contribution >= 4 is 45.2 Å². The quantitative estimate of drug-likeness (QED) is 0.365. The number of ether oxygens (including phenoxy) is 1. The first kappa shape index (κ1) is 20.1. The van der Waals surface area contributed by atoms with E-state index in [0.29, 0.717) is 23.1 Å². The predicted molar refractivity (Wildman–Crippen MR) is 116 cm³/mol. The zero-order valence-corrected chi connectivity index (χ0v) is 18.2. The first-order valence-corrected chi connectivity index (χ1v) is 11.2. The maximum absolute atomic E-state index is 12.9. The molecule has 2 aromatic carbocycles. The highest BCUT2D eigenvalue weighted by Gasteiger charge is 2.61. The Morgan fingerprint density at radius 3 is 2.00 bits per heavy atom. The normalized spacial score (nSPS) is 26.3. The van der Waals surface area contributed by atoms with Crippen LogP contribution >= 0.6 is 15.9 Å². The summed E-state index contributed by atoms with van der Waals surface area (Å²) in [6.07, 6.45) is 3.05. The molecule has 3 fully saturated rings. The topological polar surface area (TPSA) is 80.8 Å². The van der Waals surface area contributed by atoms with Crippen molar-refractivity contribution in [2.75, 3.05) is 11.5 Å². The highest BCUT2D eigenvalue weighted by atomic mass is 79.9. The highest BCUT2D eigenvalue weighted by Crippen LogP contribution is 2.56. The number of benzene rings is 2. The number of anilines is 1. The fraction of sp³-hybridized carbons (Fsp3) is 0.333. The zero-order chi connectivity index (χ0) is 21.7. The summed E-state index contributed by atoms with van der Waals surface area (Å²) in [5, 5.41) is 0. The average Bonchev–Trinajstić information content (AvgIpc) is 3.46. The van der Waals surface area contributed by atoms with Crippen LogP contribution in [0.25, 0.3) is 0 Å². The van der Waals surface area contributed by atoms with E-state index in [1.165, 1.54) is 17.0 Å². The SMILES string of the molecule is O=C(COC(=O)c1ccc(N2C(=O)[C@H]3[C@@H]4CC[C@H](C4)[C@@H]3C2=O)cc1)c1ccc(Br)cc1. The van der Waals surface area contributed by atoms with E-state index >= 15 is 0 Å². The van der Waals surface area contributed by atoms with Gasteiger partial charge in [0, 0.05) is 10.0 Å². The molecule has 4 atom stereocenters. The summed E-state index contributed by atoms with van der Waals surface area (Å²) in [6.45, 7) is -0.364. The number of hydrogen-bond acceptors (Lipinski definition) is 5. The number of carbonyl (C=O) groups excluding carboxylic acids is 4. The van der Waals surface area contributed by atoms with E-state index in [2.05, 4.69) is 15.9 Å². The van der Waals surface area contributed by atoms with Crippen molar-refractivity contribution < 1.29 is 23.9 Å². The second-order valence-corrected chi connectivity index (χ2v) is 9.37. The number of carbonyl (C=O) groups is 4. The molecule has 1 saturated heterocycles. The lowest BCUT2D eigenvalue weighted by atomic mass is 9.81. The number of esters is 1. The zero-order valence-electron chi connectivity index (χ0n) is 16.6. The van der Waals surface area contributed by atoms with Gasteiger partial charge in [0.15, 0.2) is 12.4 Å². The maximum atomic E-state index is 12.9. The lowest BCUT2D eigenvalue weighted by Gasteiger charge is -2.19. The smallest absolute Gasteiger partial charge is 0.338 e. The molecule has 2 bridgehead atoms. The van der Waals surface area contributed by atoms with Crippen molar-refractivity contribution in [1.29, 1.82) is 0 Å². The summed E-state index contributed by atoms with van der Waals surface area (Å²) in [6, 6.07) is 13.0. The summed E-state index contributed by atoms with van der Waals surface area (Å²) in [4.78, 5) is 51.6. The van der Waals surface area contributed by atoms with Gasteiger partial charge in [0.1, 0.15) is 0 Å². The largest absolute Gasteiger partial charge is 0.454 e. The van der Waals surface area contributed by atoms with Gasteiger partial charge in [0.05, 0.1) is 23.1 Å². The van der Waals surface area contributed by atoms with Gasteiger partial charge in [-0.25, -0.2) is 4.79 Å². The van der Waals surface area contributed by atoms with Crippen LogP contribution in [0.3, 0.4) is 0 Å². The van der Waals surface area contributed by atoms with Crippen LogP contribution in [0.4, 0.5) is 5.69 Å². The lowest BCUT2D eigenvalue weighted by Crippen LogP contribution is -2.32. The summed E-state index contributed by atoms with van der Waals surface area (Å²) < 4.78 is 5.99. The van der Waals surface area contributed by atoms with Crippen LogP contribution in [0.15, 0.2) is 53.0 Å². The minimum atomic E-state index is -0.633. The van der Waals surface area contributed by atoms with E-state index < -0.39 is 5.97 Å². The van der Waals surface area contributed by atoms with Crippen LogP contribution < -0.4 is 4.90 Å². The molecule has 0 radical (unpaired) electrons. The van der Waals surface area contributed by atoms with Crippen LogP contribution in [0.2, 0.25) is 0 Å². The lowest BCUT2D eigenvalue weighted by molar-refractivity contribution is -0.123. The first-order valence-electron chi connectivity index (χ1n) is 10.4. The third-order valence-electron chi connectivity index (χ3n) is 6.79. The number of halogens is 1. The molecule has 7 heteroatoms. The minimum absolute atomic E-state index is 0.113. The molecular formula is C24H20BrNO5. The van der Waals surface area contributed by atoms with Gasteiger partial charge >= 0.3 is 5.97 Å². The molecule has 1 aliphatic heterocycles. The molecule has 0 spiro atoms. The number of rotatable bonds is 5. The van der Waals surface area contributed by atoms with Crippen LogP contribution in [-0.4, -0.2) is 30.2 Å². The molecule has 0 aromatic heterocycles. The third-order valence-corrected chi connectivity index (χ3v) is 7.32. The summed E-state index contributed by atoms with van der Waals surface area (Å²) in [5.74, 6) is -0.864. The molecule has 158 valence electrons. The van der Waals surface area contributed by atoms with E-state index in [0.717, 1.165) is 23.7 Å². The van der Waals surface area contributed by atoms with Gasteiger partial charge in [-0.3, -0.25) is 19.3 Å². The second-order valence-electron chi connectivity index (χ2n) is 8.45. The van der Waals surface area contributed by atoms with E-state index in [1.54, 1.807) is 36.4 Å². The Labute approximate surface area is 187 Å². The molecule has 3 aliphatic rings. The molecule has 31 heavy (non-hydrogen) atoms. The van der Waals surface area contributed by atoms with Gasteiger partial charge < -0.3 is 4.74 Å². The maximum Gasteiger partial charge on any atom is 0.338 e. The van der Waals surface area contributed by atoms with E-state index in [9.17, 15) is 19.2 Å². The van der Waals surface area contributed by atoms with Crippen LogP contribution in [0.5, 0.6) is 0 Å². The van der Waals surface area contributed by atoms with Crippen molar-refractivity contribution in [3.05, 3.63) is 64.1 Å². The van der Waals surface area contributed by atoms with Crippen LogP contribution in [0.1, 0.15) is 40.0 Å². The summed E-state index contributed by atoms with van der Waals surface area (Å²) >= 11 is 3.31. The van der Waals surface area contributed by atoms with Crippen molar-refractivity contribution in [2.45, 2.75) is 19.3 Å². The van der Waals surface area contributed by atoms with Gasteiger partial charge in [-0.2, -0.15) is 0 Å². The molecule has 2 aliphatic carbocycles. The molecule has 0 N–H and O–H groups in total. The first-order chi connectivity index (χ1) is 14.9. The Hall–Kier alpha value is -2.80. The minimum Gasteiger partial charge on any atom is -0.454 e. The Kier molecular flexibility index (Phi) is 5.01. The Morgan fingerprint density at radius 2 is 1.42 bits per heavy atom. The summed E-state index contributed by atoms with van der Waals surface area (Å²) in [5.41, 5.74) is 1.19. The molecule has 2 saturated carbocycles. The molecular weight excluding hydrogens is 462 g/mol. The van der Waals surface area contributed by atoms with Crippen LogP contribution in [-0.2, 0) is 14.3 Å². The number of fused-ring (bicyclic) bond motifs is 5. The third kappa shape index (κ3) is 3.41. The van der Waals surface area contributed by atoms with Gasteiger partial charge in [-0.05, 0) is 67.5 Å². The van der Waals surface area contributed by atoms with Gasteiger partial charge in [0.25, 0.3) is 0 Å². The fourth-order valence-corrected chi connectivity index (χ4v) is 5.61. The van der Waals surface area contributed by atoms with E-state index in [-0.39, 0.29) is 41.6 Å². The molecule has 1 heterocycles. The van der Waals surface area contributed by atoms with Crippen molar-refractivity contribution in [1.82, 2.24) is 0 Å². The predicted octanol–water partition coefficient (Wildman–Crippen LogP) is 4.02. The van der Waals surface area contributed by atoms with Gasteiger partial charge in [0.2, 0.25) is 11.8 Å². The monoisotopic (exact) mass is 481 g/mol. The number of imide groups is 1. The van der Waals surface area contributed by atoms with Crippen LogP contribution in [0, 0.1) is 23.7 Å². The Balaban J connectivity index is 1.24. The number of hydrogen-bond donors (Lipinski definition) is 0. The Bertz CT molecular complexity index is 1050. The molecule has 0 unspecified atom stereocenters. The Morgan fingerprint density at radius 1 is 0.871 bits per heavy atom. The average molecular weight is 482 g/mol. The number of ketones is 1. The van der Waals surface area contributed by atoms with Crippen molar-refractivity contribution in [3.8, 4) is 0 Å². The molecule has 2 aromatic rings. The van der Waals surface area contributed by atoms with E-state index in [1.807, 2.05) is 0 Å². The molecule has 5 rings (SSSR count). The number of Topliss-reactive ketones (excluding diaryl/α,β-unsaturated/α-hetero) is 1. The van der Waals surface area contributed by atoms with E-state index in [4.69, 9.17) is 4.74 Å². The van der Waals surface area contributed by atoms with Crippen molar-refractivity contribution in [3.63, 3.8) is 0 Å². The highest BCUT2D eigenvalue weighted by molar-refractivity contribution is 9.10. The number of amides is 2. The molecule has 6 nitrogen and oxygen atoms in total.